The lowest BCUT2D eigenvalue weighted by molar-refractivity contribution is 0.120. The lowest BCUT2D eigenvalue weighted by Gasteiger charge is -2.08. The predicted molar refractivity (Wildman–Crippen MR) is 40.5 cm³/mol. The van der Waals surface area contributed by atoms with Gasteiger partial charge in [-0.1, -0.05) is 0 Å². The molecule has 1 aliphatic heterocycles. The normalized spacial score (nSPS) is 28.2. The van der Waals surface area contributed by atoms with Crippen molar-refractivity contribution >= 4 is 6.09 Å². The number of cyclic esters (lactones) is 1. The highest BCUT2D eigenvalue weighted by Crippen LogP contribution is 2.25. The van der Waals surface area contributed by atoms with Gasteiger partial charge in [0.05, 0.1) is 12.3 Å². The minimum atomic E-state index is -0.385. The van der Waals surface area contributed by atoms with E-state index in [4.69, 9.17) is 9.15 Å². The van der Waals surface area contributed by atoms with Gasteiger partial charge in [0.1, 0.15) is 5.76 Å². The fourth-order valence-electron chi connectivity index (χ4n) is 1.27. The molecular weight excluding hydrogens is 158 g/mol. The Morgan fingerprint density at radius 3 is 2.92 bits per heavy atom. The van der Waals surface area contributed by atoms with E-state index in [2.05, 4.69) is 5.32 Å². The van der Waals surface area contributed by atoms with Gasteiger partial charge in [-0.3, -0.25) is 0 Å². The number of amides is 1. The summed E-state index contributed by atoms with van der Waals surface area (Å²) >= 11 is 0. The summed E-state index contributed by atoms with van der Waals surface area (Å²) in [5.74, 6) is 0.681. The Balaban J connectivity index is 2.20. The van der Waals surface area contributed by atoms with Crippen LogP contribution in [0.2, 0.25) is 0 Å². The number of alkyl carbamates (subject to hydrolysis) is 1. The summed E-state index contributed by atoms with van der Waals surface area (Å²) < 4.78 is 10.1. The highest BCUT2D eigenvalue weighted by Gasteiger charge is 2.33. The molecule has 64 valence electrons. The largest absolute Gasteiger partial charge is 0.465 e. The number of carbonyl (C=O) groups is 1. The number of ether oxygens (including phenoxy) is 1. The van der Waals surface area contributed by atoms with E-state index in [1.165, 1.54) is 0 Å². The molecule has 12 heavy (non-hydrogen) atoms. The topological polar surface area (TPSA) is 51.5 Å². The van der Waals surface area contributed by atoms with Crippen LogP contribution in [0.15, 0.2) is 22.8 Å². The van der Waals surface area contributed by atoms with Crippen LogP contribution in [0.5, 0.6) is 0 Å². The van der Waals surface area contributed by atoms with Gasteiger partial charge in [-0.15, -0.1) is 0 Å². The van der Waals surface area contributed by atoms with Crippen molar-refractivity contribution in [2.24, 2.45) is 0 Å². The van der Waals surface area contributed by atoms with E-state index in [9.17, 15) is 4.79 Å². The van der Waals surface area contributed by atoms with Crippen LogP contribution in [-0.2, 0) is 4.74 Å². The summed E-state index contributed by atoms with van der Waals surface area (Å²) in [6.45, 7) is 1.87. The molecule has 1 aromatic rings. The predicted octanol–water partition coefficient (Wildman–Crippen LogP) is 1.45. The summed E-state index contributed by atoms with van der Waals surface area (Å²) in [5.41, 5.74) is 0. The lowest BCUT2D eigenvalue weighted by Crippen LogP contribution is -2.23. The average molecular weight is 167 g/mol. The Bertz CT molecular complexity index is 281. The molecule has 0 spiro atoms. The smallest absolute Gasteiger partial charge is 0.408 e. The molecule has 0 aliphatic carbocycles. The maximum absolute atomic E-state index is 10.8. The maximum atomic E-state index is 10.8. The Labute approximate surface area is 69.5 Å². The van der Waals surface area contributed by atoms with E-state index in [-0.39, 0.29) is 18.2 Å². The van der Waals surface area contributed by atoms with Crippen LogP contribution in [0.25, 0.3) is 0 Å². The van der Waals surface area contributed by atoms with Crippen molar-refractivity contribution in [2.75, 3.05) is 0 Å². The monoisotopic (exact) mass is 167 g/mol. The van der Waals surface area contributed by atoms with Gasteiger partial charge in [-0.2, -0.15) is 0 Å². The minimum absolute atomic E-state index is 0.0244. The molecule has 1 fully saturated rings. The number of rotatable bonds is 1. The SMILES string of the molecule is C[C@@H]1NC(=O)OC1c1ccco1. The molecule has 4 heteroatoms. The van der Waals surface area contributed by atoms with Crippen LogP contribution in [-0.4, -0.2) is 12.1 Å². The Kier molecular flexibility index (Phi) is 1.53. The molecule has 2 rings (SSSR count). The zero-order valence-corrected chi connectivity index (χ0v) is 6.61. The van der Waals surface area contributed by atoms with E-state index in [0.717, 1.165) is 0 Å². The number of hydrogen-bond donors (Lipinski definition) is 1. The van der Waals surface area contributed by atoms with E-state index in [0.29, 0.717) is 5.76 Å². The summed E-state index contributed by atoms with van der Waals surface area (Å²) in [7, 11) is 0. The number of furan rings is 1. The van der Waals surface area contributed by atoms with Gasteiger partial charge in [0.25, 0.3) is 0 Å². The van der Waals surface area contributed by atoms with Crippen LogP contribution >= 0.6 is 0 Å². The quantitative estimate of drug-likeness (QED) is 0.688. The van der Waals surface area contributed by atoms with Gasteiger partial charge in [0, 0.05) is 0 Å². The van der Waals surface area contributed by atoms with Crippen molar-refractivity contribution in [3.8, 4) is 0 Å². The molecule has 1 aromatic heterocycles. The summed E-state index contributed by atoms with van der Waals surface area (Å²) in [6, 6.07) is 3.54. The molecule has 2 atom stereocenters. The molecule has 1 amide bonds. The molecule has 0 radical (unpaired) electrons. The number of carbonyl (C=O) groups excluding carboxylic acids is 1. The fourth-order valence-corrected chi connectivity index (χ4v) is 1.27. The van der Waals surface area contributed by atoms with E-state index >= 15 is 0 Å². The molecule has 0 bridgehead atoms. The van der Waals surface area contributed by atoms with Gasteiger partial charge in [0.2, 0.25) is 0 Å². The molecule has 1 unspecified atom stereocenters. The molecule has 1 N–H and O–H groups in total. The molecule has 0 saturated carbocycles. The van der Waals surface area contributed by atoms with Crippen molar-refractivity contribution in [3.05, 3.63) is 24.2 Å². The van der Waals surface area contributed by atoms with Crippen LogP contribution in [0.1, 0.15) is 18.8 Å². The van der Waals surface area contributed by atoms with Gasteiger partial charge in [0.15, 0.2) is 6.10 Å². The van der Waals surface area contributed by atoms with Crippen LogP contribution < -0.4 is 5.32 Å². The standard InChI is InChI=1S/C8H9NO3/c1-5-7(12-8(10)9-5)6-3-2-4-11-6/h2-5,7H,1H3,(H,9,10)/t5-,7?/m0/s1. The van der Waals surface area contributed by atoms with Crippen LogP contribution in [0.4, 0.5) is 4.79 Å². The minimum Gasteiger partial charge on any atom is -0.465 e. The summed E-state index contributed by atoms with van der Waals surface area (Å²) in [4.78, 5) is 10.8. The molecule has 1 aliphatic rings. The number of nitrogens with one attached hydrogen (secondary N) is 1. The maximum Gasteiger partial charge on any atom is 0.408 e. The van der Waals surface area contributed by atoms with Crippen molar-refractivity contribution in [1.29, 1.82) is 0 Å². The summed E-state index contributed by atoms with van der Waals surface area (Å²) in [5, 5.41) is 2.63. The molecule has 0 aromatic carbocycles. The Morgan fingerprint density at radius 1 is 1.58 bits per heavy atom. The molecule has 4 nitrogen and oxygen atoms in total. The zero-order chi connectivity index (χ0) is 8.55. The fraction of sp³-hybridized carbons (Fsp3) is 0.375. The second-order valence-corrected chi connectivity index (χ2v) is 2.77. The van der Waals surface area contributed by atoms with E-state index in [1.807, 2.05) is 6.92 Å². The summed E-state index contributed by atoms with van der Waals surface area (Å²) in [6.07, 6.45) is 0.894. The Hall–Kier alpha value is -1.45. The Morgan fingerprint density at radius 2 is 2.42 bits per heavy atom. The van der Waals surface area contributed by atoms with Crippen molar-refractivity contribution in [1.82, 2.24) is 5.32 Å². The molecular formula is C8H9NO3. The highest BCUT2D eigenvalue weighted by atomic mass is 16.6. The number of hydrogen-bond acceptors (Lipinski definition) is 3. The van der Waals surface area contributed by atoms with Crippen molar-refractivity contribution in [2.45, 2.75) is 19.1 Å². The lowest BCUT2D eigenvalue weighted by atomic mass is 10.1. The molecule has 2 heterocycles. The van der Waals surface area contributed by atoms with Gasteiger partial charge in [-0.05, 0) is 19.1 Å². The van der Waals surface area contributed by atoms with E-state index in [1.54, 1.807) is 18.4 Å². The van der Waals surface area contributed by atoms with E-state index < -0.39 is 0 Å². The van der Waals surface area contributed by atoms with Gasteiger partial charge in [-0.25, -0.2) is 4.79 Å². The first-order valence-corrected chi connectivity index (χ1v) is 3.78. The van der Waals surface area contributed by atoms with Gasteiger partial charge >= 0.3 is 6.09 Å². The zero-order valence-electron chi connectivity index (χ0n) is 6.61. The average Bonchev–Trinajstić information content (AvgIpc) is 2.58. The third-order valence-corrected chi connectivity index (χ3v) is 1.86. The highest BCUT2D eigenvalue weighted by molar-refractivity contribution is 5.70. The van der Waals surface area contributed by atoms with Crippen molar-refractivity contribution < 1.29 is 13.9 Å². The van der Waals surface area contributed by atoms with Crippen LogP contribution in [0.3, 0.4) is 0 Å². The second-order valence-electron chi connectivity index (χ2n) is 2.77. The first kappa shape index (κ1) is 7.21. The first-order valence-electron chi connectivity index (χ1n) is 3.78. The molecule has 1 saturated heterocycles. The van der Waals surface area contributed by atoms with Gasteiger partial charge < -0.3 is 14.5 Å². The third-order valence-electron chi connectivity index (χ3n) is 1.86. The first-order chi connectivity index (χ1) is 5.77. The van der Waals surface area contributed by atoms with Crippen LogP contribution in [0, 0.1) is 0 Å². The van der Waals surface area contributed by atoms with Crippen molar-refractivity contribution in [3.63, 3.8) is 0 Å². The second kappa shape index (κ2) is 2.55. The third kappa shape index (κ3) is 1.05.